The number of carbonyl (C=O) groups is 1. The number of rotatable bonds is 4. The second kappa shape index (κ2) is 5.48. The van der Waals surface area contributed by atoms with E-state index in [9.17, 15) is 14.9 Å². The van der Waals surface area contributed by atoms with Gasteiger partial charge in [0.15, 0.2) is 0 Å². The van der Waals surface area contributed by atoms with Crippen LogP contribution >= 0.6 is 0 Å². The van der Waals surface area contributed by atoms with Crippen molar-refractivity contribution >= 4 is 17.3 Å². The van der Waals surface area contributed by atoms with Gasteiger partial charge in [-0.1, -0.05) is 6.07 Å². The molecule has 1 atom stereocenters. The van der Waals surface area contributed by atoms with Crippen molar-refractivity contribution in [1.82, 2.24) is 4.90 Å². The van der Waals surface area contributed by atoms with Crippen LogP contribution in [0.25, 0.3) is 0 Å². The SMILES string of the molecule is Cc1ccc(N[C@@H](C)C(=O)N(C)C)c([N+](=O)[O-])c1. The lowest BCUT2D eigenvalue weighted by Crippen LogP contribution is -2.36. The summed E-state index contributed by atoms with van der Waals surface area (Å²) < 4.78 is 0. The van der Waals surface area contributed by atoms with E-state index >= 15 is 0 Å². The number of amides is 1. The van der Waals surface area contributed by atoms with Crippen LogP contribution in [0.5, 0.6) is 0 Å². The molecule has 0 aromatic heterocycles. The molecule has 0 fully saturated rings. The molecule has 0 bridgehead atoms. The third-order valence-corrected chi connectivity index (χ3v) is 2.53. The van der Waals surface area contributed by atoms with Gasteiger partial charge in [0, 0.05) is 20.2 Å². The normalized spacial score (nSPS) is 11.8. The van der Waals surface area contributed by atoms with Crippen molar-refractivity contribution in [3.63, 3.8) is 0 Å². The standard InChI is InChI=1S/C12H17N3O3/c1-8-5-6-10(11(7-8)15(17)18)13-9(2)12(16)14(3)4/h5-7,9,13H,1-4H3/t9-/m0/s1. The summed E-state index contributed by atoms with van der Waals surface area (Å²) in [4.78, 5) is 23.6. The number of likely N-dealkylation sites (N-methyl/N-ethyl adjacent to an activating group) is 1. The molecule has 0 heterocycles. The summed E-state index contributed by atoms with van der Waals surface area (Å²) in [6.45, 7) is 3.46. The van der Waals surface area contributed by atoms with E-state index in [4.69, 9.17) is 0 Å². The first-order chi connectivity index (χ1) is 8.32. The van der Waals surface area contributed by atoms with Crippen LogP contribution in [0.4, 0.5) is 11.4 Å². The first kappa shape index (κ1) is 14.0. The van der Waals surface area contributed by atoms with Crippen molar-refractivity contribution in [2.45, 2.75) is 19.9 Å². The Morgan fingerprint density at radius 2 is 2.06 bits per heavy atom. The minimum absolute atomic E-state index is 0.0200. The Bertz CT molecular complexity index is 472. The van der Waals surface area contributed by atoms with E-state index < -0.39 is 11.0 Å². The highest BCUT2D eigenvalue weighted by Crippen LogP contribution is 2.25. The Hall–Kier alpha value is -2.11. The predicted molar refractivity (Wildman–Crippen MR) is 69.6 cm³/mol. The quantitative estimate of drug-likeness (QED) is 0.654. The van der Waals surface area contributed by atoms with Crippen LogP contribution in [0, 0.1) is 17.0 Å². The number of hydrogen-bond acceptors (Lipinski definition) is 4. The number of nitro groups is 1. The molecule has 0 saturated heterocycles. The highest BCUT2D eigenvalue weighted by atomic mass is 16.6. The summed E-state index contributed by atoms with van der Waals surface area (Å²) in [6.07, 6.45) is 0. The fourth-order valence-corrected chi connectivity index (χ4v) is 1.60. The summed E-state index contributed by atoms with van der Waals surface area (Å²) in [5.41, 5.74) is 1.14. The molecule has 1 aromatic carbocycles. The van der Waals surface area contributed by atoms with E-state index in [-0.39, 0.29) is 11.6 Å². The largest absolute Gasteiger partial charge is 0.368 e. The van der Waals surface area contributed by atoms with Gasteiger partial charge in [0.1, 0.15) is 11.7 Å². The molecular weight excluding hydrogens is 234 g/mol. The summed E-state index contributed by atoms with van der Waals surface area (Å²) >= 11 is 0. The Morgan fingerprint density at radius 3 is 2.56 bits per heavy atom. The first-order valence-electron chi connectivity index (χ1n) is 5.55. The Labute approximate surface area is 106 Å². The van der Waals surface area contributed by atoms with E-state index in [1.54, 1.807) is 40.1 Å². The van der Waals surface area contributed by atoms with E-state index in [1.165, 1.54) is 11.0 Å². The zero-order valence-corrected chi connectivity index (χ0v) is 10.9. The van der Waals surface area contributed by atoms with Gasteiger partial charge in [-0.05, 0) is 25.5 Å². The molecule has 0 saturated carbocycles. The summed E-state index contributed by atoms with van der Waals surface area (Å²) in [5, 5.41) is 13.8. The monoisotopic (exact) mass is 251 g/mol. The van der Waals surface area contributed by atoms with Gasteiger partial charge in [-0.25, -0.2) is 0 Å². The molecular formula is C12H17N3O3. The lowest BCUT2D eigenvalue weighted by atomic mass is 10.1. The van der Waals surface area contributed by atoms with Crippen LogP contribution < -0.4 is 5.32 Å². The topological polar surface area (TPSA) is 75.5 Å². The first-order valence-corrected chi connectivity index (χ1v) is 5.55. The minimum Gasteiger partial charge on any atom is -0.368 e. The van der Waals surface area contributed by atoms with Crippen LogP contribution in [0.1, 0.15) is 12.5 Å². The molecule has 18 heavy (non-hydrogen) atoms. The van der Waals surface area contributed by atoms with Gasteiger partial charge in [0.05, 0.1) is 4.92 Å². The van der Waals surface area contributed by atoms with Gasteiger partial charge in [0.25, 0.3) is 5.69 Å². The molecule has 6 nitrogen and oxygen atoms in total. The Morgan fingerprint density at radius 1 is 1.44 bits per heavy atom. The van der Waals surface area contributed by atoms with Crippen molar-refractivity contribution in [2.75, 3.05) is 19.4 Å². The lowest BCUT2D eigenvalue weighted by Gasteiger charge is -2.19. The average Bonchev–Trinajstić information content (AvgIpc) is 2.29. The van der Waals surface area contributed by atoms with E-state index in [0.717, 1.165) is 5.56 Å². The number of nitrogens with zero attached hydrogens (tertiary/aromatic N) is 2. The van der Waals surface area contributed by atoms with Crippen molar-refractivity contribution in [2.24, 2.45) is 0 Å². The number of aryl methyl sites for hydroxylation is 1. The van der Waals surface area contributed by atoms with Gasteiger partial charge >= 0.3 is 0 Å². The maximum Gasteiger partial charge on any atom is 0.292 e. The van der Waals surface area contributed by atoms with Gasteiger partial charge in [0.2, 0.25) is 5.91 Å². The third kappa shape index (κ3) is 3.19. The van der Waals surface area contributed by atoms with Crippen molar-refractivity contribution in [3.8, 4) is 0 Å². The number of hydrogen-bond donors (Lipinski definition) is 1. The molecule has 1 N–H and O–H groups in total. The Balaban J connectivity index is 2.97. The molecule has 0 aliphatic rings. The second-order valence-electron chi connectivity index (χ2n) is 4.38. The minimum atomic E-state index is -0.513. The molecule has 0 spiro atoms. The molecule has 6 heteroatoms. The zero-order valence-electron chi connectivity index (χ0n) is 10.9. The van der Waals surface area contributed by atoms with Gasteiger partial charge in [-0.3, -0.25) is 14.9 Å². The molecule has 0 unspecified atom stereocenters. The van der Waals surface area contributed by atoms with Crippen molar-refractivity contribution in [1.29, 1.82) is 0 Å². The van der Waals surface area contributed by atoms with Crippen molar-refractivity contribution in [3.05, 3.63) is 33.9 Å². The van der Waals surface area contributed by atoms with E-state index in [1.807, 2.05) is 0 Å². The summed E-state index contributed by atoms with van der Waals surface area (Å²) in [7, 11) is 3.29. The molecule has 1 amide bonds. The van der Waals surface area contributed by atoms with Crippen LogP contribution in [0.15, 0.2) is 18.2 Å². The molecule has 0 aliphatic heterocycles. The molecule has 98 valence electrons. The average molecular weight is 251 g/mol. The van der Waals surface area contributed by atoms with Crippen LogP contribution in [-0.2, 0) is 4.79 Å². The number of carbonyl (C=O) groups excluding carboxylic acids is 1. The van der Waals surface area contributed by atoms with Gasteiger partial charge < -0.3 is 10.2 Å². The lowest BCUT2D eigenvalue weighted by molar-refractivity contribution is -0.384. The molecule has 0 aliphatic carbocycles. The fourth-order valence-electron chi connectivity index (χ4n) is 1.60. The maximum absolute atomic E-state index is 11.7. The number of anilines is 1. The number of nitrogens with one attached hydrogen (secondary N) is 1. The second-order valence-corrected chi connectivity index (χ2v) is 4.38. The maximum atomic E-state index is 11.7. The molecule has 1 rings (SSSR count). The smallest absolute Gasteiger partial charge is 0.292 e. The van der Waals surface area contributed by atoms with Crippen LogP contribution in [0.3, 0.4) is 0 Å². The number of benzene rings is 1. The summed E-state index contributed by atoms with van der Waals surface area (Å²) in [6, 6.07) is 4.35. The predicted octanol–water partition coefficient (Wildman–Crippen LogP) is 1.79. The Kier molecular flexibility index (Phi) is 4.25. The summed E-state index contributed by atoms with van der Waals surface area (Å²) in [5.74, 6) is -0.134. The van der Waals surface area contributed by atoms with Crippen LogP contribution in [-0.4, -0.2) is 35.9 Å². The van der Waals surface area contributed by atoms with E-state index in [0.29, 0.717) is 5.69 Å². The number of nitro benzene ring substituents is 1. The van der Waals surface area contributed by atoms with Crippen LogP contribution in [0.2, 0.25) is 0 Å². The van der Waals surface area contributed by atoms with Crippen molar-refractivity contribution < 1.29 is 9.72 Å². The van der Waals surface area contributed by atoms with Gasteiger partial charge in [-0.15, -0.1) is 0 Å². The van der Waals surface area contributed by atoms with Gasteiger partial charge in [-0.2, -0.15) is 0 Å². The highest BCUT2D eigenvalue weighted by Gasteiger charge is 2.19. The zero-order chi connectivity index (χ0) is 13.9. The highest BCUT2D eigenvalue weighted by molar-refractivity contribution is 5.84. The fraction of sp³-hybridized carbons (Fsp3) is 0.417. The van der Waals surface area contributed by atoms with E-state index in [2.05, 4.69) is 5.32 Å². The molecule has 0 radical (unpaired) electrons. The third-order valence-electron chi connectivity index (χ3n) is 2.53. The molecule has 1 aromatic rings.